The molecule has 0 bridgehead atoms. The summed E-state index contributed by atoms with van der Waals surface area (Å²) >= 11 is 0. The predicted molar refractivity (Wildman–Crippen MR) is 90.8 cm³/mol. The summed E-state index contributed by atoms with van der Waals surface area (Å²) in [5, 5.41) is 10.8. The third-order valence-electron chi connectivity index (χ3n) is 5.35. The van der Waals surface area contributed by atoms with Crippen LogP contribution in [0.1, 0.15) is 18.4 Å². The minimum absolute atomic E-state index is 0.0341. The number of halogens is 1. The number of hydrogen-bond acceptors (Lipinski definition) is 4. The van der Waals surface area contributed by atoms with Crippen LogP contribution in [-0.4, -0.2) is 66.7 Å². The lowest BCUT2D eigenvalue weighted by atomic mass is 9.76. The van der Waals surface area contributed by atoms with Crippen LogP contribution in [0.2, 0.25) is 0 Å². The van der Waals surface area contributed by atoms with Gasteiger partial charge in [-0.25, -0.2) is 17.1 Å². The highest BCUT2D eigenvalue weighted by Crippen LogP contribution is 2.36. The molecular weight excluding hydrogens is 347 g/mol. The van der Waals surface area contributed by atoms with Crippen molar-refractivity contribution in [3.05, 3.63) is 35.6 Å². The molecule has 138 valence electrons. The molecule has 6 nitrogen and oxygen atoms in total. The Kier molecular flexibility index (Phi) is 4.87. The molecule has 0 radical (unpaired) electrons. The fourth-order valence-electron chi connectivity index (χ4n) is 3.72. The number of nitrogens with zero attached hydrogens (tertiary/aromatic N) is 2. The van der Waals surface area contributed by atoms with Crippen molar-refractivity contribution in [1.82, 2.24) is 9.21 Å². The Hall–Kier alpha value is -1.51. The van der Waals surface area contributed by atoms with Gasteiger partial charge in [-0.3, -0.25) is 4.79 Å². The summed E-state index contributed by atoms with van der Waals surface area (Å²) in [6.07, 6.45) is 1.91. The highest BCUT2D eigenvalue weighted by molar-refractivity contribution is 7.88. The molecule has 2 saturated heterocycles. The highest BCUT2D eigenvalue weighted by atomic mass is 32.2. The van der Waals surface area contributed by atoms with Crippen molar-refractivity contribution in [2.45, 2.75) is 24.9 Å². The third-order valence-corrected chi connectivity index (χ3v) is 6.62. The lowest BCUT2D eigenvalue weighted by Crippen LogP contribution is -2.61. The van der Waals surface area contributed by atoms with Crippen molar-refractivity contribution < 1.29 is 22.7 Å². The maximum absolute atomic E-state index is 13.7. The van der Waals surface area contributed by atoms with E-state index in [0.717, 1.165) is 6.26 Å². The molecule has 1 aromatic rings. The van der Waals surface area contributed by atoms with Crippen molar-refractivity contribution in [2.24, 2.45) is 5.92 Å². The maximum Gasteiger partial charge on any atom is 0.227 e. The zero-order valence-corrected chi connectivity index (χ0v) is 15.0. The predicted octanol–water partition coefficient (Wildman–Crippen LogP) is 0.613. The molecule has 2 heterocycles. The first-order valence-corrected chi connectivity index (χ1v) is 10.2. The van der Waals surface area contributed by atoms with Crippen molar-refractivity contribution >= 4 is 15.9 Å². The smallest absolute Gasteiger partial charge is 0.227 e. The average molecular weight is 370 g/mol. The van der Waals surface area contributed by atoms with Gasteiger partial charge in [-0.05, 0) is 24.5 Å². The van der Waals surface area contributed by atoms with E-state index in [-0.39, 0.29) is 31.3 Å². The molecule has 3 rings (SSSR count). The third kappa shape index (κ3) is 3.86. The molecule has 8 heteroatoms. The molecule has 0 aliphatic carbocycles. The van der Waals surface area contributed by atoms with Gasteiger partial charge in [-0.1, -0.05) is 18.2 Å². The summed E-state index contributed by atoms with van der Waals surface area (Å²) in [5.41, 5.74) is -0.592. The Morgan fingerprint density at radius 3 is 2.64 bits per heavy atom. The number of sulfonamides is 1. The van der Waals surface area contributed by atoms with Gasteiger partial charge in [0.2, 0.25) is 15.9 Å². The van der Waals surface area contributed by atoms with Crippen LogP contribution in [0.25, 0.3) is 0 Å². The van der Waals surface area contributed by atoms with E-state index in [4.69, 9.17) is 0 Å². The normalized spacial score (nSPS) is 27.8. The monoisotopic (exact) mass is 370 g/mol. The summed E-state index contributed by atoms with van der Waals surface area (Å²) in [7, 11) is -3.33. The molecule has 1 aromatic carbocycles. The second kappa shape index (κ2) is 6.66. The minimum Gasteiger partial charge on any atom is -0.389 e. The topological polar surface area (TPSA) is 77.9 Å². The zero-order valence-electron chi connectivity index (χ0n) is 14.2. The number of piperidine rings is 2. The molecule has 1 N–H and O–H groups in total. The summed E-state index contributed by atoms with van der Waals surface area (Å²) in [6, 6.07) is 6.17. The summed E-state index contributed by atoms with van der Waals surface area (Å²) in [6.45, 7) is 1.20. The van der Waals surface area contributed by atoms with Crippen LogP contribution in [0, 0.1) is 11.7 Å². The van der Waals surface area contributed by atoms with Crippen LogP contribution in [-0.2, 0) is 21.2 Å². The van der Waals surface area contributed by atoms with E-state index in [0.29, 0.717) is 31.5 Å². The number of fused-ring (bicyclic) bond motifs is 1. The Labute approximate surface area is 147 Å². The lowest BCUT2D eigenvalue weighted by molar-refractivity contribution is -0.143. The Bertz CT molecular complexity index is 770. The largest absolute Gasteiger partial charge is 0.389 e. The second-order valence-electron chi connectivity index (χ2n) is 7.03. The second-order valence-corrected chi connectivity index (χ2v) is 9.01. The number of amides is 1. The van der Waals surface area contributed by atoms with Gasteiger partial charge in [0.25, 0.3) is 0 Å². The molecule has 2 unspecified atom stereocenters. The number of likely N-dealkylation sites (tertiary alicyclic amines) is 1. The highest BCUT2D eigenvalue weighted by Gasteiger charge is 2.47. The van der Waals surface area contributed by atoms with Crippen LogP contribution < -0.4 is 0 Å². The van der Waals surface area contributed by atoms with Crippen LogP contribution >= 0.6 is 0 Å². The minimum atomic E-state index is -3.33. The molecule has 2 atom stereocenters. The number of benzene rings is 1. The van der Waals surface area contributed by atoms with Crippen molar-refractivity contribution in [2.75, 3.05) is 32.4 Å². The molecule has 2 aliphatic heterocycles. The SMILES string of the molecule is CS(=O)(=O)N1CCC2(O)CCN(C(=O)Cc3ccccc3F)CC2C1. The van der Waals surface area contributed by atoms with Crippen LogP contribution in [0.3, 0.4) is 0 Å². The van der Waals surface area contributed by atoms with Gasteiger partial charge in [0.05, 0.1) is 18.3 Å². The number of hydrogen-bond donors (Lipinski definition) is 1. The summed E-state index contributed by atoms with van der Waals surface area (Å²) in [5.74, 6) is -0.941. The first-order chi connectivity index (χ1) is 11.7. The first-order valence-electron chi connectivity index (χ1n) is 8.38. The van der Waals surface area contributed by atoms with E-state index in [2.05, 4.69) is 0 Å². The van der Waals surface area contributed by atoms with E-state index in [1.807, 2.05) is 0 Å². The van der Waals surface area contributed by atoms with Gasteiger partial charge in [-0.15, -0.1) is 0 Å². The number of carbonyl (C=O) groups excluding carboxylic acids is 1. The zero-order chi connectivity index (χ0) is 18.2. The lowest BCUT2D eigenvalue weighted by Gasteiger charge is -2.49. The Morgan fingerprint density at radius 1 is 1.28 bits per heavy atom. The summed E-state index contributed by atoms with van der Waals surface area (Å²) < 4.78 is 38.7. The molecule has 0 saturated carbocycles. The van der Waals surface area contributed by atoms with Gasteiger partial charge in [0.15, 0.2) is 0 Å². The molecule has 0 spiro atoms. The van der Waals surface area contributed by atoms with E-state index in [1.54, 1.807) is 23.1 Å². The number of carbonyl (C=O) groups is 1. The van der Waals surface area contributed by atoms with Gasteiger partial charge >= 0.3 is 0 Å². The molecule has 2 aliphatic rings. The Balaban J connectivity index is 1.70. The quantitative estimate of drug-likeness (QED) is 0.846. The number of rotatable bonds is 3. The van der Waals surface area contributed by atoms with Gasteiger partial charge in [-0.2, -0.15) is 0 Å². The van der Waals surface area contributed by atoms with Gasteiger partial charge in [0, 0.05) is 32.1 Å². The molecule has 0 aromatic heterocycles. The van der Waals surface area contributed by atoms with Crippen LogP contribution in [0.15, 0.2) is 24.3 Å². The van der Waals surface area contributed by atoms with Crippen molar-refractivity contribution in [1.29, 1.82) is 0 Å². The van der Waals surface area contributed by atoms with Crippen LogP contribution in [0.5, 0.6) is 0 Å². The van der Waals surface area contributed by atoms with E-state index < -0.39 is 21.4 Å². The molecule has 1 amide bonds. The molecule has 25 heavy (non-hydrogen) atoms. The molecular formula is C17H23FN2O4S. The fourth-order valence-corrected chi connectivity index (χ4v) is 4.59. The van der Waals surface area contributed by atoms with E-state index in [1.165, 1.54) is 10.4 Å². The average Bonchev–Trinajstić information content (AvgIpc) is 2.54. The van der Waals surface area contributed by atoms with E-state index in [9.17, 15) is 22.7 Å². The number of aliphatic hydroxyl groups is 1. The Morgan fingerprint density at radius 2 is 1.96 bits per heavy atom. The van der Waals surface area contributed by atoms with Crippen molar-refractivity contribution in [3.63, 3.8) is 0 Å². The van der Waals surface area contributed by atoms with Gasteiger partial charge < -0.3 is 10.0 Å². The standard InChI is InChI=1S/C17H23FN2O4S/c1-25(23,24)20-9-7-17(22)6-8-19(11-14(17)12-20)16(21)10-13-4-2-3-5-15(13)18/h2-5,14,22H,6-12H2,1H3. The van der Waals surface area contributed by atoms with Crippen LogP contribution in [0.4, 0.5) is 4.39 Å². The first kappa shape index (κ1) is 18.3. The van der Waals surface area contributed by atoms with E-state index >= 15 is 0 Å². The molecule has 2 fully saturated rings. The maximum atomic E-state index is 13.7. The summed E-state index contributed by atoms with van der Waals surface area (Å²) in [4.78, 5) is 14.1. The van der Waals surface area contributed by atoms with Crippen molar-refractivity contribution in [3.8, 4) is 0 Å². The van der Waals surface area contributed by atoms with Gasteiger partial charge in [0.1, 0.15) is 5.82 Å². The fraction of sp³-hybridized carbons (Fsp3) is 0.588.